The van der Waals surface area contributed by atoms with E-state index in [4.69, 9.17) is 0 Å². The molecule has 3 aromatic rings. The average Bonchev–Trinajstić information content (AvgIpc) is 2.74. The predicted molar refractivity (Wildman–Crippen MR) is 117 cm³/mol. The Morgan fingerprint density at radius 2 is 1.70 bits per heavy atom. The number of nitrogens with one attached hydrogen (secondary N) is 2. The van der Waals surface area contributed by atoms with Gasteiger partial charge in [-0.3, -0.25) is 4.79 Å². The lowest BCUT2D eigenvalue weighted by molar-refractivity contribution is 0.101. The lowest BCUT2D eigenvalue weighted by atomic mass is 9.96. The first-order valence-corrected chi connectivity index (χ1v) is 9.81. The SMILES string of the molecule is CC(=O)c1c(F)cccc1N1CCc2c(cccc2NC(=O)Nc2ccccc2)C1. The zero-order chi connectivity index (χ0) is 21.1. The zero-order valence-electron chi connectivity index (χ0n) is 16.6. The first-order chi connectivity index (χ1) is 14.5. The number of carbonyl (C=O) groups is 2. The molecule has 0 atom stereocenters. The number of fused-ring (bicyclic) bond motifs is 1. The summed E-state index contributed by atoms with van der Waals surface area (Å²) in [6.45, 7) is 2.54. The minimum atomic E-state index is -0.501. The highest BCUT2D eigenvalue weighted by Gasteiger charge is 2.24. The number of Topliss-reactive ketones (excluding diaryl/α,β-unsaturated/α-hetero) is 1. The maximum atomic E-state index is 14.2. The highest BCUT2D eigenvalue weighted by molar-refractivity contribution is 6.01. The van der Waals surface area contributed by atoms with E-state index >= 15 is 0 Å². The van der Waals surface area contributed by atoms with Crippen LogP contribution in [0.15, 0.2) is 66.7 Å². The van der Waals surface area contributed by atoms with E-state index in [0.29, 0.717) is 30.9 Å². The van der Waals surface area contributed by atoms with Crippen LogP contribution in [0.5, 0.6) is 0 Å². The summed E-state index contributed by atoms with van der Waals surface area (Å²) in [5, 5.41) is 5.75. The van der Waals surface area contributed by atoms with Crippen LogP contribution >= 0.6 is 0 Å². The Morgan fingerprint density at radius 1 is 0.933 bits per heavy atom. The fourth-order valence-corrected chi connectivity index (χ4v) is 3.86. The number of hydrogen-bond donors (Lipinski definition) is 2. The first-order valence-electron chi connectivity index (χ1n) is 9.81. The minimum Gasteiger partial charge on any atom is -0.366 e. The van der Waals surface area contributed by atoms with Gasteiger partial charge in [0.1, 0.15) is 5.82 Å². The summed E-state index contributed by atoms with van der Waals surface area (Å²) < 4.78 is 14.2. The van der Waals surface area contributed by atoms with Gasteiger partial charge < -0.3 is 15.5 Å². The second kappa shape index (κ2) is 8.37. The highest BCUT2D eigenvalue weighted by Crippen LogP contribution is 2.32. The molecule has 0 saturated carbocycles. The number of benzene rings is 3. The van der Waals surface area contributed by atoms with E-state index in [1.165, 1.54) is 13.0 Å². The van der Waals surface area contributed by atoms with Crippen molar-refractivity contribution in [1.82, 2.24) is 0 Å². The van der Waals surface area contributed by atoms with Gasteiger partial charge in [0.15, 0.2) is 5.78 Å². The predicted octanol–water partition coefficient (Wildman–Crippen LogP) is 5.24. The molecule has 1 aliphatic heterocycles. The van der Waals surface area contributed by atoms with Crippen molar-refractivity contribution in [2.45, 2.75) is 19.9 Å². The number of carbonyl (C=O) groups excluding carboxylic acids is 2. The number of halogens is 1. The summed E-state index contributed by atoms with van der Waals surface area (Å²) >= 11 is 0. The molecule has 0 aliphatic carbocycles. The number of anilines is 3. The second-order valence-corrected chi connectivity index (χ2v) is 7.25. The fraction of sp³-hybridized carbons (Fsp3) is 0.167. The van der Waals surface area contributed by atoms with Crippen LogP contribution in [0, 0.1) is 5.82 Å². The number of ketones is 1. The lowest BCUT2D eigenvalue weighted by Crippen LogP contribution is -2.32. The Labute approximate surface area is 174 Å². The molecule has 3 aromatic carbocycles. The van der Waals surface area contributed by atoms with Gasteiger partial charge in [0, 0.05) is 24.5 Å². The van der Waals surface area contributed by atoms with Crippen molar-refractivity contribution < 1.29 is 14.0 Å². The molecule has 4 rings (SSSR count). The number of rotatable bonds is 4. The molecule has 6 heteroatoms. The van der Waals surface area contributed by atoms with Crippen LogP contribution in [0.2, 0.25) is 0 Å². The largest absolute Gasteiger partial charge is 0.366 e. The highest BCUT2D eigenvalue weighted by atomic mass is 19.1. The molecule has 0 bridgehead atoms. The monoisotopic (exact) mass is 403 g/mol. The summed E-state index contributed by atoms with van der Waals surface area (Å²) in [4.78, 5) is 26.4. The van der Waals surface area contributed by atoms with E-state index in [-0.39, 0.29) is 17.4 Å². The van der Waals surface area contributed by atoms with Gasteiger partial charge in [0.2, 0.25) is 0 Å². The Bertz CT molecular complexity index is 1100. The summed E-state index contributed by atoms with van der Waals surface area (Å²) in [5.74, 6) is -0.791. The molecular weight excluding hydrogens is 381 g/mol. The maximum absolute atomic E-state index is 14.2. The molecule has 0 saturated heterocycles. The lowest BCUT2D eigenvalue weighted by Gasteiger charge is -2.33. The van der Waals surface area contributed by atoms with E-state index in [0.717, 1.165) is 16.8 Å². The van der Waals surface area contributed by atoms with Crippen molar-refractivity contribution in [2.24, 2.45) is 0 Å². The molecule has 2 N–H and O–H groups in total. The number of hydrogen-bond acceptors (Lipinski definition) is 3. The molecule has 0 unspecified atom stereocenters. The van der Waals surface area contributed by atoms with Crippen molar-refractivity contribution in [2.75, 3.05) is 22.1 Å². The third-order valence-corrected chi connectivity index (χ3v) is 5.23. The van der Waals surface area contributed by atoms with Crippen LogP contribution in [0.4, 0.5) is 26.2 Å². The molecule has 1 aliphatic rings. The van der Waals surface area contributed by atoms with Crippen molar-refractivity contribution in [3.05, 3.63) is 89.2 Å². The molecule has 30 heavy (non-hydrogen) atoms. The Morgan fingerprint density at radius 3 is 2.47 bits per heavy atom. The van der Waals surface area contributed by atoms with Gasteiger partial charge in [-0.05, 0) is 54.8 Å². The normalized spacial score (nSPS) is 12.8. The molecule has 0 fully saturated rings. The number of amides is 2. The maximum Gasteiger partial charge on any atom is 0.323 e. The summed E-state index contributed by atoms with van der Waals surface area (Å²) in [7, 11) is 0. The van der Waals surface area contributed by atoms with Gasteiger partial charge in [-0.1, -0.05) is 36.4 Å². The van der Waals surface area contributed by atoms with Crippen LogP contribution < -0.4 is 15.5 Å². The summed E-state index contributed by atoms with van der Waals surface area (Å²) in [6.07, 6.45) is 0.672. The van der Waals surface area contributed by atoms with Crippen LogP contribution in [0.25, 0.3) is 0 Å². The van der Waals surface area contributed by atoms with Gasteiger partial charge in [-0.15, -0.1) is 0 Å². The van der Waals surface area contributed by atoms with Crippen molar-refractivity contribution >= 4 is 28.9 Å². The molecule has 152 valence electrons. The molecule has 5 nitrogen and oxygen atoms in total. The summed E-state index contributed by atoms with van der Waals surface area (Å²) in [6, 6.07) is 19.4. The van der Waals surface area contributed by atoms with Gasteiger partial charge in [0.25, 0.3) is 0 Å². The number of urea groups is 1. The van der Waals surface area contributed by atoms with Gasteiger partial charge in [-0.2, -0.15) is 0 Å². The van der Waals surface area contributed by atoms with Crippen LogP contribution in [0.3, 0.4) is 0 Å². The third-order valence-electron chi connectivity index (χ3n) is 5.23. The topological polar surface area (TPSA) is 61.4 Å². The van der Waals surface area contributed by atoms with Gasteiger partial charge in [0.05, 0.1) is 11.3 Å². The molecule has 0 aromatic heterocycles. The molecule has 2 amide bonds. The van der Waals surface area contributed by atoms with Crippen molar-refractivity contribution in [1.29, 1.82) is 0 Å². The van der Waals surface area contributed by atoms with Gasteiger partial charge >= 0.3 is 6.03 Å². The Hall–Kier alpha value is -3.67. The third kappa shape index (κ3) is 4.03. The molecule has 0 radical (unpaired) electrons. The van der Waals surface area contributed by atoms with Crippen LogP contribution in [0.1, 0.15) is 28.4 Å². The van der Waals surface area contributed by atoms with E-state index in [9.17, 15) is 14.0 Å². The molecule has 0 spiro atoms. The quantitative estimate of drug-likeness (QED) is 0.586. The second-order valence-electron chi connectivity index (χ2n) is 7.25. The van der Waals surface area contributed by atoms with E-state index in [1.807, 2.05) is 53.4 Å². The first kappa shape index (κ1) is 19.6. The van der Waals surface area contributed by atoms with Crippen molar-refractivity contribution in [3.8, 4) is 0 Å². The molecule has 1 heterocycles. The van der Waals surface area contributed by atoms with E-state index < -0.39 is 5.82 Å². The van der Waals surface area contributed by atoms with Gasteiger partial charge in [-0.25, -0.2) is 9.18 Å². The molecular formula is C24H22FN3O2. The standard InChI is InChI=1S/C24H22FN3O2/c1-16(29)23-20(25)10-6-12-22(23)28-14-13-19-17(15-28)7-5-11-21(19)27-24(30)26-18-8-3-2-4-9-18/h2-12H,13-15H2,1H3,(H2,26,27,30). The minimum absolute atomic E-state index is 0.123. The average molecular weight is 403 g/mol. The number of nitrogens with zero attached hydrogens (tertiary/aromatic N) is 1. The number of para-hydroxylation sites is 1. The smallest absolute Gasteiger partial charge is 0.323 e. The summed E-state index contributed by atoms with van der Waals surface area (Å²) in [5.41, 5.74) is 4.29. The van der Waals surface area contributed by atoms with E-state index in [1.54, 1.807) is 12.1 Å². The van der Waals surface area contributed by atoms with Crippen LogP contribution in [-0.4, -0.2) is 18.4 Å². The van der Waals surface area contributed by atoms with Crippen LogP contribution in [-0.2, 0) is 13.0 Å². The van der Waals surface area contributed by atoms with E-state index in [2.05, 4.69) is 10.6 Å². The zero-order valence-corrected chi connectivity index (χ0v) is 16.6. The van der Waals surface area contributed by atoms with Crippen molar-refractivity contribution in [3.63, 3.8) is 0 Å². The Balaban J connectivity index is 1.55. The Kier molecular flexibility index (Phi) is 5.48. The fourth-order valence-electron chi connectivity index (χ4n) is 3.86.